The molecule has 0 heterocycles. The van der Waals surface area contributed by atoms with Crippen LogP contribution in [0.25, 0.3) is 0 Å². The number of aliphatic carboxylic acids is 3. The summed E-state index contributed by atoms with van der Waals surface area (Å²) in [6, 6.07) is 0. The van der Waals surface area contributed by atoms with Crippen LogP contribution < -0.4 is 10.6 Å². The maximum Gasteiger partial charge on any atom is 3.00 e. The molecule has 0 bridgehead atoms. The van der Waals surface area contributed by atoms with Crippen molar-refractivity contribution in [3.8, 4) is 0 Å². The van der Waals surface area contributed by atoms with Gasteiger partial charge in [-0.3, -0.25) is 38.7 Å². The number of hydrogen-bond donors (Lipinski definition) is 6. The van der Waals surface area contributed by atoms with Gasteiger partial charge >= 0.3 is 54.8 Å². The third kappa shape index (κ3) is 38.9. The molecule has 0 aromatic carbocycles. The van der Waals surface area contributed by atoms with E-state index in [0.717, 1.165) is 86.9 Å². The Balaban J connectivity index is 0.00000118. The predicted molar refractivity (Wildman–Crippen MR) is 380 cm³/mol. The molecule has 8 atom stereocenters. The number of aliphatic hydroxyl groups excluding tert-OH is 1. The van der Waals surface area contributed by atoms with Crippen LogP contribution in [0.1, 0.15) is 325 Å². The minimum atomic E-state index is -1.09. The maximum atomic E-state index is 12.7. The summed E-state index contributed by atoms with van der Waals surface area (Å²) in [7, 11) is 0. The van der Waals surface area contributed by atoms with E-state index >= 15 is 0 Å². The van der Waals surface area contributed by atoms with Gasteiger partial charge in [-0.15, -0.1) is 0 Å². The van der Waals surface area contributed by atoms with Crippen LogP contribution in [0, 0.1) is 83.2 Å². The number of nitrogens with one attached hydrogen (secondary N) is 2. The SMILES string of the molecule is CC(C)CCC[C@@H](C)[C@H]1CC[C@H]2[C@@H]3CC=C4CC(O)CC[C@]4(C)[C@H]3CC[C@]12C.CCCCCCCCCCCCCCCCCCNC(=O)CN(CCN(CCN(CC(=O)O)CC(=O)NCCCCCCCCCCCCCCCCCC)CC(=O)O)CC(=O)O.O.[Tm+3]. The second-order valence-electron chi connectivity index (χ2n) is 30.4. The molecule has 0 aromatic heterocycles. The van der Waals surface area contributed by atoms with E-state index in [1.54, 1.807) is 10.5 Å². The van der Waals surface area contributed by atoms with Crippen LogP contribution in [0.5, 0.6) is 0 Å². The minimum absolute atomic E-state index is 0. The minimum Gasteiger partial charge on any atom is -0.480 e. The molecule has 548 valence electrons. The summed E-state index contributed by atoms with van der Waals surface area (Å²) in [5.74, 6) is 1.63. The van der Waals surface area contributed by atoms with Crippen LogP contribution in [-0.2, 0) is 24.0 Å². The Bertz CT molecular complexity index is 1900. The smallest absolute Gasteiger partial charge is 0.480 e. The van der Waals surface area contributed by atoms with E-state index in [9.17, 15) is 44.4 Å². The van der Waals surface area contributed by atoms with Crippen LogP contribution in [0.15, 0.2) is 11.6 Å². The molecule has 4 rings (SSSR count). The molecule has 0 aliphatic heterocycles. The summed E-state index contributed by atoms with van der Waals surface area (Å²) in [4.78, 5) is 64.9. The van der Waals surface area contributed by atoms with E-state index in [1.165, 1.54) is 235 Å². The van der Waals surface area contributed by atoms with Gasteiger partial charge in [-0.2, -0.15) is 0 Å². The number of allylic oxidation sites excluding steroid dienone is 1. The van der Waals surface area contributed by atoms with Crippen molar-refractivity contribution in [3.63, 3.8) is 0 Å². The number of carboxylic acid groups (broad SMARTS) is 3. The van der Waals surface area contributed by atoms with Crippen LogP contribution in [0.2, 0.25) is 0 Å². The molecule has 0 spiro atoms. The Kier molecular flexibility index (Phi) is 51.8. The zero-order valence-electron chi connectivity index (χ0n) is 60.8. The molecule has 0 saturated heterocycles. The molecule has 4 aliphatic carbocycles. The van der Waals surface area contributed by atoms with Crippen LogP contribution in [0.4, 0.5) is 0 Å². The Morgan fingerprint density at radius 3 is 1.25 bits per heavy atom. The fraction of sp³-hybridized carbons (Fsp3) is 0.909. The molecule has 8 N–H and O–H groups in total. The van der Waals surface area contributed by atoms with Gasteiger partial charge in [0.15, 0.2) is 0 Å². The molecule has 1 unspecified atom stereocenters. The fourth-order valence-corrected chi connectivity index (χ4v) is 16.8. The van der Waals surface area contributed by atoms with E-state index in [-0.39, 0.29) is 119 Å². The molecule has 3 fully saturated rings. The summed E-state index contributed by atoms with van der Waals surface area (Å²) < 4.78 is 0. The number of carbonyl (C=O) groups is 5. The zero-order chi connectivity index (χ0) is 66.5. The fourth-order valence-electron chi connectivity index (χ4n) is 16.8. The second kappa shape index (κ2) is 54.0. The number of rotatable bonds is 55. The molecule has 3 saturated carbocycles. The summed E-state index contributed by atoms with van der Waals surface area (Å²) >= 11 is 0. The van der Waals surface area contributed by atoms with Crippen LogP contribution in [-0.4, -0.2) is 148 Å². The van der Waals surface area contributed by atoms with Crippen molar-refractivity contribution < 1.29 is 86.7 Å². The molecular weight excluding hydrogens is 1320 g/mol. The van der Waals surface area contributed by atoms with Gasteiger partial charge in [-0.25, -0.2) is 0 Å². The van der Waals surface area contributed by atoms with E-state index < -0.39 is 17.9 Å². The number of fused-ring (bicyclic) bond motifs is 5. The van der Waals surface area contributed by atoms with Crippen molar-refractivity contribution in [2.24, 2.45) is 46.3 Å². The summed E-state index contributed by atoms with van der Waals surface area (Å²) in [5.41, 5.74) is 2.60. The quantitative estimate of drug-likeness (QED) is 0.0247. The van der Waals surface area contributed by atoms with Gasteiger partial charge in [0.1, 0.15) is 0 Å². The number of hydrogen-bond acceptors (Lipinski definition) is 9. The Morgan fingerprint density at radius 2 is 0.860 bits per heavy atom. The molecule has 16 heteroatoms. The van der Waals surface area contributed by atoms with Crippen LogP contribution in [0.3, 0.4) is 0 Å². The second-order valence-corrected chi connectivity index (χ2v) is 30.4. The number of nitrogens with zero attached hydrogens (tertiary/aromatic N) is 3. The Labute approximate surface area is 598 Å². The van der Waals surface area contributed by atoms with Gasteiger partial charge < -0.3 is 36.5 Å². The third-order valence-corrected chi connectivity index (χ3v) is 22.3. The molecule has 4 aliphatic rings. The van der Waals surface area contributed by atoms with Crippen molar-refractivity contribution >= 4 is 29.7 Å². The van der Waals surface area contributed by atoms with Crippen molar-refractivity contribution in [1.82, 2.24) is 25.3 Å². The molecule has 93 heavy (non-hydrogen) atoms. The molecule has 0 aromatic rings. The Hall–Kier alpha value is -1.88. The average molecular weight is 1470 g/mol. The maximum absolute atomic E-state index is 12.7. The van der Waals surface area contributed by atoms with E-state index in [1.807, 2.05) is 0 Å². The number of carbonyl (C=O) groups excluding carboxylic acids is 2. The van der Waals surface area contributed by atoms with E-state index in [0.29, 0.717) is 23.9 Å². The molecular formula is C77H145N5O10Tm+3. The third-order valence-electron chi connectivity index (χ3n) is 22.3. The van der Waals surface area contributed by atoms with Gasteiger partial charge in [-0.1, -0.05) is 272 Å². The molecule has 2 amide bonds. The van der Waals surface area contributed by atoms with Crippen LogP contribution >= 0.6 is 0 Å². The van der Waals surface area contributed by atoms with Gasteiger partial charge in [0, 0.05) is 39.3 Å². The van der Waals surface area contributed by atoms with Gasteiger partial charge in [-0.05, 0) is 111 Å². The average Bonchev–Trinajstić information content (AvgIpc) is 1.71. The Morgan fingerprint density at radius 1 is 0.484 bits per heavy atom. The normalized spacial score (nSPS) is 21.8. The van der Waals surface area contributed by atoms with Gasteiger partial charge in [0.05, 0.1) is 38.8 Å². The zero-order valence-corrected chi connectivity index (χ0v) is 62.5. The number of unbranched alkanes of at least 4 members (excludes halogenated alkanes) is 30. The van der Waals surface area contributed by atoms with Gasteiger partial charge in [0.2, 0.25) is 11.8 Å². The first-order valence-electron chi connectivity index (χ1n) is 38.6. The first-order valence-corrected chi connectivity index (χ1v) is 38.6. The molecule has 0 radical (unpaired) electrons. The number of amides is 2. The van der Waals surface area contributed by atoms with E-state index in [2.05, 4.69) is 65.2 Å². The standard InChI is InChI=1S/C50H97N5O8.C27H46O.H2O.Tm/c1-3-5-7-9-11-13-15-17-19-21-23-25-27-29-31-33-35-51-46(56)41-54(44-49(60)61)39-37-53(43-48(58)59)38-40-55(45-50(62)63)42-47(57)52-36-34-32-30-28-26-24-22-20-18-16-14-12-10-8-6-4-2;1-18(2)7-6-8-19(3)23-11-12-24-22-10-9-20-17-21(28)13-15-26(20,4)25(22)14-16-27(23,24)5;;/h3-45H2,1-2H3,(H,51,56)(H,52,57)(H,58,59)(H,60,61)(H,62,63);9,18-19,21-25,28H,6-8,10-17H2,1-5H3;1H2;/q;;;+3/t;19-,21?,22+,23-,24+,25+,26+,27-;;/m.1../s1. The summed E-state index contributed by atoms with van der Waals surface area (Å²) in [6.45, 7) is 17.3. The van der Waals surface area contributed by atoms with Crippen molar-refractivity contribution in [2.45, 2.75) is 331 Å². The van der Waals surface area contributed by atoms with Crippen molar-refractivity contribution in [2.75, 3.05) is 72.0 Å². The molecule has 15 nitrogen and oxygen atoms in total. The van der Waals surface area contributed by atoms with Gasteiger partial charge in [0.25, 0.3) is 0 Å². The van der Waals surface area contributed by atoms with E-state index in [4.69, 9.17) is 0 Å². The monoisotopic (exact) mass is 1470 g/mol. The largest absolute Gasteiger partial charge is 3.00 e. The topological polar surface area (TPSA) is 232 Å². The number of aliphatic hydroxyl groups is 1. The first kappa shape index (κ1) is 89.1. The number of carboxylic acids is 3. The summed E-state index contributed by atoms with van der Waals surface area (Å²) in [6.07, 6.45) is 57.8. The first-order chi connectivity index (χ1) is 43.8. The van der Waals surface area contributed by atoms with Crippen molar-refractivity contribution in [1.29, 1.82) is 0 Å². The predicted octanol–water partition coefficient (Wildman–Crippen LogP) is 16.5. The summed E-state index contributed by atoms with van der Waals surface area (Å²) in [5, 5.41) is 44.6. The van der Waals surface area contributed by atoms with Crippen molar-refractivity contribution in [3.05, 3.63) is 11.6 Å².